The Morgan fingerprint density at radius 1 is 1.12 bits per heavy atom. The first-order valence-corrected chi connectivity index (χ1v) is 8.01. The van der Waals surface area contributed by atoms with E-state index in [0.717, 1.165) is 5.56 Å². The zero-order chi connectivity index (χ0) is 18.4. The quantitative estimate of drug-likeness (QED) is 0.769. The summed E-state index contributed by atoms with van der Waals surface area (Å²) in [5, 5.41) is 5.95. The second-order valence-corrected chi connectivity index (χ2v) is 5.59. The number of amides is 2. The van der Waals surface area contributed by atoms with E-state index in [9.17, 15) is 9.59 Å². The average molecular weight is 363 g/mol. The smallest absolute Gasteiger partial charge is 0.338 e. The van der Waals surface area contributed by atoms with Crippen molar-refractivity contribution in [2.24, 2.45) is 0 Å². The molecule has 0 saturated heterocycles. The molecule has 2 amide bonds. The molecule has 0 bridgehead atoms. The van der Waals surface area contributed by atoms with Gasteiger partial charge in [-0.1, -0.05) is 11.6 Å². The molecule has 0 heterocycles. The number of anilines is 2. The van der Waals surface area contributed by atoms with Gasteiger partial charge >= 0.3 is 12.0 Å². The van der Waals surface area contributed by atoms with Crippen LogP contribution in [0.1, 0.15) is 22.8 Å². The third kappa shape index (κ3) is 4.87. The highest BCUT2D eigenvalue weighted by Gasteiger charge is 2.11. The van der Waals surface area contributed by atoms with Gasteiger partial charge in [-0.3, -0.25) is 0 Å². The summed E-state index contributed by atoms with van der Waals surface area (Å²) in [6.45, 7) is 3.88. The highest BCUT2D eigenvalue weighted by Crippen LogP contribution is 2.31. The van der Waals surface area contributed by atoms with Crippen molar-refractivity contribution in [1.82, 2.24) is 0 Å². The normalized spacial score (nSPS) is 10.1. The predicted octanol–water partition coefficient (Wildman–Crippen LogP) is 4.48. The Morgan fingerprint density at radius 2 is 1.80 bits per heavy atom. The van der Waals surface area contributed by atoms with Crippen LogP contribution < -0.4 is 15.4 Å². The molecule has 0 saturated carbocycles. The Hall–Kier alpha value is -2.73. The Morgan fingerprint density at radius 3 is 2.40 bits per heavy atom. The number of hydrogen-bond donors (Lipinski definition) is 2. The summed E-state index contributed by atoms with van der Waals surface area (Å²) in [4.78, 5) is 23.8. The number of ether oxygens (including phenoxy) is 2. The molecular weight excluding hydrogens is 344 g/mol. The van der Waals surface area contributed by atoms with Crippen molar-refractivity contribution in [3.63, 3.8) is 0 Å². The minimum atomic E-state index is -0.441. The molecule has 0 atom stereocenters. The molecule has 0 radical (unpaired) electrons. The lowest BCUT2D eigenvalue weighted by atomic mass is 10.2. The fourth-order valence-corrected chi connectivity index (χ4v) is 2.27. The number of methoxy groups -OCH3 is 1. The van der Waals surface area contributed by atoms with E-state index < -0.39 is 12.0 Å². The van der Waals surface area contributed by atoms with E-state index in [0.29, 0.717) is 34.3 Å². The van der Waals surface area contributed by atoms with E-state index in [1.54, 1.807) is 43.3 Å². The molecule has 2 rings (SSSR count). The maximum absolute atomic E-state index is 12.2. The van der Waals surface area contributed by atoms with Gasteiger partial charge in [-0.05, 0) is 49.7 Å². The lowest BCUT2D eigenvalue weighted by molar-refractivity contribution is 0.0526. The summed E-state index contributed by atoms with van der Waals surface area (Å²) in [5.74, 6) is 0.0586. The number of aryl methyl sites for hydroxylation is 1. The molecule has 0 fully saturated rings. The molecule has 2 N–H and O–H groups in total. The van der Waals surface area contributed by atoms with Gasteiger partial charge in [0.25, 0.3) is 0 Å². The zero-order valence-electron chi connectivity index (χ0n) is 14.2. The Bertz CT molecular complexity index is 775. The number of hydrogen-bond acceptors (Lipinski definition) is 4. The Balaban J connectivity index is 2.05. The third-order valence-electron chi connectivity index (χ3n) is 3.38. The van der Waals surface area contributed by atoms with Crippen molar-refractivity contribution in [1.29, 1.82) is 0 Å². The molecule has 0 aliphatic rings. The Labute approximate surface area is 151 Å². The van der Waals surface area contributed by atoms with E-state index in [1.807, 2.05) is 6.92 Å². The monoisotopic (exact) mass is 362 g/mol. The minimum Gasteiger partial charge on any atom is -0.495 e. The highest BCUT2D eigenvalue weighted by molar-refractivity contribution is 6.31. The number of carbonyl (C=O) groups is 2. The number of benzene rings is 2. The molecule has 0 aliphatic carbocycles. The van der Waals surface area contributed by atoms with Crippen molar-refractivity contribution in [3.05, 3.63) is 52.5 Å². The second kappa shape index (κ2) is 8.39. The molecule has 25 heavy (non-hydrogen) atoms. The van der Waals surface area contributed by atoms with Crippen LogP contribution in [0.25, 0.3) is 0 Å². The summed E-state index contributed by atoms with van der Waals surface area (Å²) >= 11 is 6.05. The van der Waals surface area contributed by atoms with Crippen molar-refractivity contribution in [3.8, 4) is 5.75 Å². The van der Waals surface area contributed by atoms with E-state index >= 15 is 0 Å². The standard InChI is InChI=1S/C18H19ClN2O4/c1-4-25-17(22)12-5-7-13(8-6-12)20-18(23)21-15-9-11(2)14(19)10-16(15)24-3/h5-10H,4H2,1-3H3,(H2,20,21,23). The van der Waals surface area contributed by atoms with Gasteiger partial charge in [0.05, 0.1) is 25.0 Å². The van der Waals surface area contributed by atoms with E-state index in [1.165, 1.54) is 7.11 Å². The number of halogens is 1. The van der Waals surface area contributed by atoms with Crippen LogP contribution in [0, 0.1) is 6.92 Å². The van der Waals surface area contributed by atoms with Crippen LogP contribution in [-0.2, 0) is 4.74 Å². The van der Waals surface area contributed by atoms with Crippen LogP contribution in [0.4, 0.5) is 16.2 Å². The summed E-state index contributed by atoms with van der Waals surface area (Å²) in [5.41, 5.74) is 2.28. The van der Waals surface area contributed by atoms with Gasteiger partial charge in [0.2, 0.25) is 0 Å². The molecule has 7 heteroatoms. The van der Waals surface area contributed by atoms with Crippen LogP contribution in [-0.4, -0.2) is 25.7 Å². The van der Waals surface area contributed by atoms with Gasteiger partial charge in [0.15, 0.2) is 0 Å². The van der Waals surface area contributed by atoms with Gasteiger partial charge in [-0.2, -0.15) is 0 Å². The SMILES string of the molecule is CCOC(=O)c1ccc(NC(=O)Nc2cc(C)c(Cl)cc2OC)cc1. The van der Waals surface area contributed by atoms with Crippen LogP contribution in [0.3, 0.4) is 0 Å². The Kier molecular flexibility index (Phi) is 6.25. The second-order valence-electron chi connectivity index (χ2n) is 5.18. The zero-order valence-corrected chi connectivity index (χ0v) is 14.9. The largest absolute Gasteiger partial charge is 0.495 e. The van der Waals surface area contributed by atoms with Gasteiger partial charge in [-0.15, -0.1) is 0 Å². The molecule has 0 aliphatic heterocycles. The first-order valence-electron chi connectivity index (χ1n) is 7.64. The molecule has 0 unspecified atom stereocenters. The molecule has 0 spiro atoms. The van der Waals surface area contributed by atoms with Crippen LogP contribution in [0.2, 0.25) is 5.02 Å². The lowest BCUT2D eigenvalue weighted by Crippen LogP contribution is -2.20. The molecule has 132 valence electrons. The van der Waals surface area contributed by atoms with Gasteiger partial charge in [0.1, 0.15) is 5.75 Å². The first-order chi connectivity index (χ1) is 11.9. The van der Waals surface area contributed by atoms with E-state index in [-0.39, 0.29) is 0 Å². The summed E-state index contributed by atoms with van der Waals surface area (Å²) < 4.78 is 10.1. The maximum Gasteiger partial charge on any atom is 0.338 e. The molecule has 0 aromatic heterocycles. The van der Waals surface area contributed by atoms with Gasteiger partial charge < -0.3 is 20.1 Å². The van der Waals surface area contributed by atoms with Gasteiger partial charge in [-0.25, -0.2) is 9.59 Å². The first kappa shape index (κ1) is 18.6. The van der Waals surface area contributed by atoms with Crippen molar-refractivity contribution in [2.75, 3.05) is 24.4 Å². The van der Waals surface area contributed by atoms with Crippen molar-refractivity contribution < 1.29 is 19.1 Å². The number of esters is 1. The molecular formula is C18H19ClN2O4. The third-order valence-corrected chi connectivity index (χ3v) is 3.79. The fraction of sp³-hybridized carbons (Fsp3) is 0.222. The highest BCUT2D eigenvalue weighted by atomic mass is 35.5. The topological polar surface area (TPSA) is 76.7 Å². The lowest BCUT2D eigenvalue weighted by Gasteiger charge is -2.13. The molecule has 2 aromatic carbocycles. The molecule has 6 nitrogen and oxygen atoms in total. The number of nitrogens with one attached hydrogen (secondary N) is 2. The number of rotatable bonds is 5. The fourth-order valence-electron chi connectivity index (χ4n) is 2.12. The molecule has 2 aromatic rings. The number of carbonyl (C=O) groups excluding carboxylic acids is 2. The summed E-state index contributed by atoms with van der Waals surface area (Å²) in [6, 6.07) is 9.34. The number of urea groups is 1. The minimum absolute atomic E-state index is 0.309. The van der Waals surface area contributed by atoms with Crippen molar-refractivity contribution in [2.45, 2.75) is 13.8 Å². The summed E-state index contributed by atoms with van der Waals surface area (Å²) in [7, 11) is 1.50. The maximum atomic E-state index is 12.2. The summed E-state index contributed by atoms with van der Waals surface area (Å²) in [6.07, 6.45) is 0. The van der Waals surface area contributed by atoms with E-state index in [2.05, 4.69) is 10.6 Å². The average Bonchev–Trinajstić information content (AvgIpc) is 2.58. The van der Waals surface area contributed by atoms with Crippen LogP contribution in [0.5, 0.6) is 5.75 Å². The van der Waals surface area contributed by atoms with E-state index in [4.69, 9.17) is 21.1 Å². The van der Waals surface area contributed by atoms with Crippen molar-refractivity contribution >= 4 is 35.0 Å². The van der Waals surface area contributed by atoms with Crippen LogP contribution >= 0.6 is 11.6 Å². The predicted molar refractivity (Wildman–Crippen MR) is 97.8 cm³/mol. The van der Waals surface area contributed by atoms with Gasteiger partial charge in [0, 0.05) is 16.8 Å². The van der Waals surface area contributed by atoms with Crippen LogP contribution in [0.15, 0.2) is 36.4 Å².